The lowest BCUT2D eigenvalue weighted by Crippen LogP contribution is -2.51. The Balaban J connectivity index is 1.52. The van der Waals surface area contributed by atoms with Crippen molar-refractivity contribution in [3.05, 3.63) is 0 Å². The molecule has 0 unspecified atom stereocenters. The molecule has 2 amide bonds. The van der Waals surface area contributed by atoms with Gasteiger partial charge in [-0.25, -0.2) is 4.79 Å². The van der Waals surface area contributed by atoms with Crippen molar-refractivity contribution in [1.29, 1.82) is 0 Å². The number of nitrogens with zero attached hydrogens (tertiary/aromatic N) is 3. The third-order valence-corrected chi connectivity index (χ3v) is 4.38. The Morgan fingerprint density at radius 1 is 1.00 bits per heavy atom. The molecule has 0 aromatic rings. The SMILES string of the molecule is CCOC(=O)N1CCN(C(=O)CCNCCN2CCOCC2)CC1. The second-order valence-electron chi connectivity index (χ2n) is 6.02. The second kappa shape index (κ2) is 10.5. The number of nitrogens with one attached hydrogen (secondary N) is 1. The first-order chi connectivity index (χ1) is 11.7. The lowest BCUT2D eigenvalue weighted by molar-refractivity contribution is -0.132. The molecule has 0 aromatic carbocycles. The summed E-state index contributed by atoms with van der Waals surface area (Å²) < 4.78 is 10.3. The van der Waals surface area contributed by atoms with E-state index in [0.717, 1.165) is 39.4 Å². The van der Waals surface area contributed by atoms with E-state index in [0.29, 0.717) is 45.8 Å². The number of carbonyl (C=O) groups is 2. The van der Waals surface area contributed by atoms with E-state index >= 15 is 0 Å². The van der Waals surface area contributed by atoms with Crippen LogP contribution in [0.25, 0.3) is 0 Å². The van der Waals surface area contributed by atoms with Gasteiger partial charge in [-0.05, 0) is 6.92 Å². The third kappa shape index (κ3) is 6.26. The molecule has 2 aliphatic heterocycles. The van der Waals surface area contributed by atoms with Gasteiger partial charge in [-0.1, -0.05) is 0 Å². The summed E-state index contributed by atoms with van der Waals surface area (Å²) in [5.41, 5.74) is 0. The fourth-order valence-electron chi connectivity index (χ4n) is 2.89. The first-order valence-electron chi connectivity index (χ1n) is 8.91. The van der Waals surface area contributed by atoms with Gasteiger partial charge in [-0.3, -0.25) is 9.69 Å². The molecule has 2 aliphatic rings. The van der Waals surface area contributed by atoms with E-state index in [2.05, 4.69) is 10.2 Å². The standard InChI is InChI=1S/C16H30N4O4/c1-2-24-16(22)20-9-7-19(8-10-20)15(21)3-4-17-5-6-18-11-13-23-14-12-18/h17H,2-14H2,1H3. The summed E-state index contributed by atoms with van der Waals surface area (Å²) in [4.78, 5) is 29.7. The van der Waals surface area contributed by atoms with E-state index in [-0.39, 0.29) is 12.0 Å². The Labute approximate surface area is 144 Å². The predicted octanol–water partition coefficient (Wildman–Crippen LogP) is -0.401. The van der Waals surface area contributed by atoms with Gasteiger partial charge in [-0.15, -0.1) is 0 Å². The lowest BCUT2D eigenvalue weighted by Gasteiger charge is -2.34. The molecule has 24 heavy (non-hydrogen) atoms. The monoisotopic (exact) mass is 342 g/mol. The summed E-state index contributed by atoms with van der Waals surface area (Å²) >= 11 is 0. The second-order valence-corrected chi connectivity index (χ2v) is 6.02. The minimum atomic E-state index is -0.283. The Kier molecular flexibility index (Phi) is 8.27. The largest absolute Gasteiger partial charge is 0.450 e. The van der Waals surface area contributed by atoms with E-state index in [1.54, 1.807) is 11.8 Å². The highest BCUT2D eigenvalue weighted by Crippen LogP contribution is 2.05. The van der Waals surface area contributed by atoms with Gasteiger partial charge in [0.2, 0.25) is 5.91 Å². The molecule has 0 saturated carbocycles. The number of hydrogen-bond acceptors (Lipinski definition) is 6. The van der Waals surface area contributed by atoms with E-state index in [1.165, 1.54) is 0 Å². The molecule has 0 aliphatic carbocycles. The van der Waals surface area contributed by atoms with Gasteiger partial charge in [0.1, 0.15) is 0 Å². The smallest absolute Gasteiger partial charge is 0.409 e. The molecule has 2 heterocycles. The molecule has 0 bridgehead atoms. The number of piperazine rings is 1. The summed E-state index contributed by atoms with van der Waals surface area (Å²) in [6, 6.07) is 0. The third-order valence-electron chi connectivity index (χ3n) is 4.38. The van der Waals surface area contributed by atoms with Crippen LogP contribution in [-0.2, 0) is 14.3 Å². The maximum Gasteiger partial charge on any atom is 0.409 e. The van der Waals surface area contributed by atoms with Crippen molar-refractivity contribution < 1.29 is 19.1 Å². The molecule has 1 N–H and O–H groups in total. The quantitative estimate of drug-likeness (QED) is 0.635. The Hall–Kier alpha value is -1.38. The lowest BCUT2D eigenvalue weighted by atomic mass is 10.3. The van der Waals surface area contributed by atoms with Gasteiger partial charge < -0.3 is 24.6 Å². The van der Waals surface area contributed by atoms with E-state index in [4.69, 9.17) is 9.47 Å². The molecule has 0 radical (unpaired) electrons. The zero-order valence-electron chi connectivity index (χ0n) is 14.7. The van der Waals surface area contributed by atoms with Crippen LogP contribution in [0.3, 0.4) is 0 Å². The molecule has 8 heteroatoms. The topological polar surface area (TPSA) is 74.4 Å². The van der Waals surface area contributed by atoms with Crippen LogP contribution in [0.15, 0.2) is 0 Å². The average molecular weight is 342 g/mol. The number of ether oxygens (including phenoxy) is 2. The van der Waals surface area contributed by atoms with Crippen LogP contribution < -0.4 is 5.32 Å². The van der Waals surface area contributed by atoms with Crippen LogP contribution in [0.2, 0.25) is 0 Å². The van der Waals surface area contributed by atoms with Gasteiger partial charge in [-0.2, -0.15) is 0 Å². The normalized spacial score (nSPS) is 19.4. The molecule has 138 valence electrons. The maximum atomic E-state index is 12.2. The van der Waals surface area contributed by atoms with Gasteiger partial charge in [0.15, 0.2) is 0 Å². The first kappa shape index (κ1) is 19.0. The highest BCUT2D eigenvalue weighted by molar-refractivity contribution is 5.77. The van der Waals surface area contributed by atoms with E-state index in [1.807, 2.05) is 4.90 Å². The van der Waals surface area contributed by atoms with Crippen molar-refractivity contribution in [2.45, 2.75) is 13.3 Å². The Morgan fingerprint density at radius 3 is 2.33 bits per heavy atom. The number of hydrogen-bond donors (Lipinski definition) is 1. The van der Waals surface area contributed by atoms with E-state index < -0.39 is 0 Å². The predicted molar refractivity (Wildman–Crippen MR) is 89.9 cm³/mol. The Bertz CT molecular complexity index is 394. The summed E-state index contributed by atoms with van der Waals surface area (Å²) in [7, 11) is 0. The molecule has 2 fully saturated rings. The molecule has 0 spiro atoms. The molecule has 0 atom stereocenters. The van der Waals surface area contributed by atoms with Crippen molar-refractivity contribution in [2.24, 2.45) is 0 Å². The van der Waals surface area contributed by atoms with Gasteiger partial charge in [0.25, 0.3) is 0 Å². The number of amides is 2. The highest BCUT2D eigenvalue weighted by Gasteiger charge is 2.24. The van der Waals surface area contributed by atoms with Crippen LogP contribution in [0.5, 0.6) is 0 Å². The van der Waals surface area contributed by atoms with Crippen molar-refractivity contribution >= 4 is 12.0 Å². The summed E-state index contributed by atoms with van der Waals surface area (Å²) in [5.74, 6) is 0.150. The zero-order valence-corrected chi connectivity index (χ0v) is 14.7. The average Bonchev–Trinajstić information content (AvgIpc) is 2.62. The molecule has 8 nitrogen and oxygen atoms in total. The van der Waals surface area contributed by atoms with Crippen LogP contribution in [-0.4, -0.2) is 105 Å². The number of rotatable bonds is 7. The van der Waals surface area contributed by atoms with Gasteiger partial charge in [0, 0.05) is 65.3 Å². The minimum Gasteiger partial charge on any atom is -0.450 e. The molecular formula is C16H30N4O4. The molecule has 2 saturated heterocycles. The van der Waals surface area contributed by atoms with Crippen LogP contribution >= 0.6 is 0 Å². The molecule has 2 rings (SSSR count). The fraction of sp³-hybridized carbons (Fsp3) is 0.875. The first-order valence-corrected chi connectivity index (χ1v) is 8.91. The van der Waals surface area contributed by atoms with Crippen molar-refractivity contribution in [1.82, 2.24) is 20.0 Å². The van der Waals surface area contributed by atoms with Crippen LogP contribution in [0.1, 0.15) is 13.3 Å². The zero-order chi connectivity index (χ0) is 17.2. The summed E-state index contributed by atoms with van der Waals surface area (Å²) in [6.07, 6.45) is 0.220. The minimum absolute atomic E-state index is 0.150. The number of carbonyl (C=O) groups excluding carboxylic acids is 2. The van der Waals surface area contributed by atoms with E-state index in [9.17, 15) is 9.59 Å². The van der Waals surface area contributed by atoms with Crippen molar-refractivity contribution in [2.75, 3.05) is 78.7 Å². The van der Waals surface area contributed by atoms with Gasteiger partial charge in [0.05, 0.1) is 19.8 Å². The summed E-state index contributed by atoms with van der Waals surface area (Å²) in [6.45, 7) is 10.7. The fourth-order valence-corrected chi connectivity index (χ4v) is 2.89. The molecule has 0 aromatic heterocycles. The maximum absolute atomic E-state index is 12.2. The van der Waals surface area contributed by atoms with Crippen molar-refractivity contribution in [3.8, 4) is 0 Å². The van der Waals surface area contributed by atoms with Crippen LogP contribution in [0, 0.1) is 0 Å². The highest BCUT2D eigenvalue weighted by atomic mass is 16.6. The van der Waals surface area contributed by atoms with Crippen molar-refractivity contribution in [3.63, 3.8) is 0 Å². The van der Waals surface area contributed by atoms with Gasteiger partial charge >= 0.3 is 6.09 Å². The summed E-state index contributed by atoms with van der Waals surface area (Å²) in [5, 5.41) is 3.33. The number of morpholine rings is 1. The van der Waals surface area contributed by atoms with Crippen LogP contribution in [0.4, 0.5) is 4.79 Å². The Morgan fingerprint density at radius 2 is 1.67 bits per heavy atom. The molecular weight excluding hydrogens is 312 g/mol.